The maximum atomic E-state index is 12.6. The van der Waals surface area contributed by atoms with Crippen molar-refractivity contribution in [2.24, 2.45) is 0 Å². The molecule has 2 amide bonds. The summed E-state index contributed by atoms with van der Waals surface area (Å²) in [6.45, 7) is 5.55. The number of aromatic nitrogens is 1. The topological polar surface area (TPSA) is 63.6 Å². The highest BCUT2D eigenvalue weighted by Crippen LogP contribution is 2.30. The molecule has 1 aromatic carbocycles. The zero-order valence-corrected chi connectivity index (χ0v) is 15.9. The Kier molecular flexibility index (Phi) is 6.57. The van der Waals surface area contributed by atoms with Gasteiger partial charge in [0.25, 0.3) is 0 Å². The van der Waals surface area contributed by atoms with Gasteiger partial charge in [0.2, 0.25) is 11.8 Å². The van der Waals surface area contributed by atoms with Crippen LogP contribution in [0.2, 0.25) is 0 Å². The Labute approximate surface area is 157 Å². The Balaban J connectivity index is 1.72. The molecule has 140 valence electrons. The minimum atomic E-state index is 0.0399. The molecule has 1 fully saturated rings. The van der Waals surface area contributed by atoms with E-state index in [0.717, 1.165) is 22.2 Å². The lowest BCUT2D eigenvalue weighted by Crippen LogP contribution is -2.42. The standard InChI is InChI=1S/C19H25N3O3S/c1-2-7-20-18(23)14-26-17-12-22(16-6-4-3-5-15(16)17)13-19(24)21-8-10-25-11-9-21/h3-6,12H,2,7-11,13-14H2,1H3,(H,20,23). The fraction of sp³-hybridized carbons (Fsp3) is 0.474. The highest BCUT2D eigenvalue weighted by atomic mass is 32.2. The molecule has 26 heavy (non-hydrogen) atoms. The fourth-order valence-electron chi connectivity index (χ4n) is 2.98. The largest absolute Gasteiger partial charge is 0.378 e. The number of para-hydroxylation sites is 1. The normalized spacial score (nSPS) is 14.6. The van der Waals surface area contributed by atoms with E-state index in [2.05, 4.69) is 5.32 Å². The van der Waals surface area contributed by atoms with E-state index in [1.807, 2.05) is 46.9 Å². The Morgan fingerprint density at radius 2 is 2.00 bits per heavy atom. The predicted molar refractivity (Wildman–Crippen MR) is 103 cm³/mol. The maximum absolute atomic E-state index is 12.6. The molecule has 0 atom stereocenters. The molecule has 2 aromatic rings. The van der Waals surface area contributed by atoms with Crippen molar-refractivity contribution in [2.45, 2.75) is 24.8 Å². The molecule has 0 spiro atoms. The van der Waals surface area contributed by atoms with Gasteiger partial charge in [-0.25, -0.2) is 0 Å². The molecular weight excluding hydrogens is 350 g/mol. The molecule has 3 rings (SSSR count). The number of hydrogen-bond acceptors (Lipinski definition) is 4. The van der Waals surface area contributed by atoms with Crippen LogP contribution in [0.25, 0.3) is 10.9 Å². The van der Waals surface area contributed by atoms with Gasteiger partial charge in [-0.15, -0.1) is 11.8 Å². The van der Waals surface area contributed by atoms with Crippen LogP contribution in [0.5, 0.6) is 0 Å². The van der Waals surface area contributed by atoms with E-state index in [-0.39, 0.29) is 11.8 Å². The highest BCUT2D eigenvalue weighted by molar-refractivity contribution is 8.00. The van der Waals surface area contributed by atoms with Crippen molar-refractivity contribution in [1.29, 1.82) is 0 Å². The fourth-order valence-corrected chi connectivity index (χ4v) is 3.89. The summed E-state index contributed by atoms with van der Waals surface area (Å²) in [6, 6.07) is 8.01. The van der Waals surface area contributed by atoms with Crippen molar-refractivity contribution in [1.82, 2.24) is 14.8 Å². The molecular formula is C19H25N3O3S. The van der Waals surface area contributed by atoms with Crippen LogP contribution in [-0.2, 0) is 20.9 Å². The Hall–Kier alpha value is -1.99. The second-order valence-electron chi connectivity index (χ2n) is 6.27. The number of nitrogens with zero attached hydrogens (tertiary/aromatic N) is 2. The van der Waals surface area contributed by atoms with Crippen molar-refractivity contribution >= 4 is 34.5 Å². The molecule has 0 unspecified atom stereocenters. The maximum Gasteiger partial charge on any atom is 0.242 e. The molecule has 0 aliphatic carbocycles. The van der Waals surface area contributed by atoms with Crippen LogP contribution in [0.3, 0.4) is 0 Å². The average molecular weight is 375 g/mol. The van der Waals surface area contributed by atoms with E-state index in [1.165, 1.54) is 11.8 Å². The average Bonchev–Trinajstić information content (AvgIpc) is 3.03. The van der Waals surface area contributed by atoms with Gasteiger partial charge in [0, 0.05) is 41.6 Å². The summed E-state index contributed by atoms with van der Waals surface area (Å²) in [4.78, 5) is 27.4. The van der Waals surface area contributed by atoms with E-state index < -0.39 is 0 Å². The van der Waals surface area contributed by atoms with Gasteiger partial charge in [-0.2, -0.15) is 0 Å². The molecule has 1 aliphatic rings. The number of fused-ring (bicyclic) bond motifs is 1. The van der Waals surface area contributed by atoms with Crippen LogP contribution in [0.4, 0.5) is 0 Å². The third-order valence-electron chi connectivity index (χ3n) is 4.35. The minimum Gasteiger partial charge on any atom is -0.378 e. The molecule has 1 aliphatic heterocycles. The number of carbonyl (C=O) groups excluding carboxylic acids is 2. The second kappa shape index (κ2) is 9.09. The van der Waals surface area contributed by atoms with Crippen molar-refractivity contribution in [3.63, 3.8) is 0 Å². The van der Waals surface area contributed by atoms with Gasteiger partial charge in [0.15, 0.2) is 0 Å². The first-order valence-electron chi connectivity index (χ1n) is 9.02. The van der Waals surface area contributed by atoms with Gasteiger partial charge in [0.1, 0.15) is 6.54 Å². The molecule has 7 heteroatoms. The van der Waals surface area contributed by atoms with E-state index >= 15 is 0 Å². The van der Waals surface area contributed by atoms with Gasteiger partial charge >= 0.3 is 0 Å². The minimum absolute atomic E-state index is 0.0399. The molecule has 1 N–H and O–H groups in total. The number of benzene rings is 1. The summed E-state index contributed by atoms with van der Waals surface area (Å²) >= 11 is 1.51. The van der Waals surface area contributed by atoms with E-state index in [1.54, 1.807) is 0 Å². The van der Waals surface area contributed by atoms with Crippen molar-refractivity contribution in [2.75, 3.05) is 38.6 Å². The van der Waals surface area contributed by atoms with Crippen LogP contribution >= 0.6 is 11.8 Å². The quantitative estimate of drug-likeness (QED) is 0.753. The van der Waals surface area contributed by atoms with Crippen molar-refractivity contribution in [3.05, 3.63) is 30.5 Å². The summed E-state index contributed by atoms with van der Waals surface area (Å²) in [5, 5.41) is 3.97. The van der Waals surface area contributed by atoms with Crippen LogP contribution in [0, 0.1) is 0 Å². The molecule has 1 aromatic heterocycles. The number of ether oxygens (including phenoxy) is 1. The van der Waals surface area contributed by atoms with Gasteiger partial charge < -0.3 is 19.5 Å². The molecule has 0 saturated carbocycles. The number of hydrogen-bond donors (Lipinski definition) is 1. The van der Waals surface area contributed by atoms with Crippen LogP contribution in [-0.4, -0.2) is 59.9 Å². The lowest BCUT2D eigenvalue weighted by Gasteiger charge is -2.27. The number of morpholine rings is 1. The predicted octanol–water partition coefficient (Wildman–Crippen LogP) is 2.12. The van der Waals surface area contributed by atoms with Crippen molar-refractivity contribution in [3.8, 4) is 0 Å². The zero-order chi connectivity index (χ0) is 18.4. The molecule has 0 radical (unpaired) electrons. The van der Waals surface area contributed by atoms with Gasteiger partial charge in [-0.3, -0.25) is 9.59 Å². The monoisotopic (exact) mass is 375 g/mol. The molecule has 0 bridgehead atoms. The first-order chi connectivity index (χ1) is 12.7. The zero-order valence-electron chi connectivity index (χ0n) is 15.1. The van der Waals surface area contributed by atoms with E-state index in [4.69, 9.17) is 4.74 Å². The van der Waals surface area contributed by atoms with Crippen LogP contribution < -0.4 is 5.32 Å². The van der Waals surface area contributed by atoms with Crippen LogP contribution in [0.15, 0.2) is 35.4 Å². The SMILES string of the molecule is CCCNC(=O)CSc1cn(CC(=O)N2CCOCC2)c2ccccc12. The lowest BCUT2D eigenvalue weighted by atomic mass is 10.2. The summed E-state index contributed by atoms with van der Waals surface area (Å²) < 4.78 is 7.30. The number of carbonyl (C=O) groups is 2. The highest BCUT2D eigenvalue weighted by Gasteiger charge is 2.19. The third-order valence-corrected chi connectivity index (χ3v) is 5.40. The lowest BCUT2D eigenvalue weighted by molar-refractivity contribution is -0.135. The molecule has 2 heterocycles. The number of rotatable bonds is 7. The first kappa shape index (κ1) is 18.8. The Morgan fingerprint density at radius 1 is 1.23 bits per heavy atom. The van der Waals surface area contributed by atoms with E-state index in [0.29, 0.717) is 45.1 Å². The van der Waals surface area contributed by atoms with Gasteiger partial charge in [0.05, 0.1) is 19.0 Å². The summed E-state index contributed by atoms with van der Waals surface area (Å²) in [6.07, 6.45) is 2.92. The Morgan fingerprint density at radius 3 is 2.77 bits per heavy atom. The number of nitrogens with one attached hydrogen (secondary N) is 1. The number of amides is 2. The molecule has 6 nitrogen and oxygen atoms in total. The smallest absolute Gasteiger partial charge is 0.242 e. The summed E-state index contributed by atoms with van der Waals surface area (Å²) in [5.74, 6) is 0.523. The van der Waals surface area contributed by atoms with Crippen LogP contribution in [0.1, 0.15) is 13.3 Å². The first-order valence-corrected chi connectivity index (χ1v) is 10.0. The Bertz CT molecular complexity index is 768. The van der Waals surface area contributed by atoms with Crippen molar-refractivity contribution < 1.29 is 14.3 Å². The van der Waals surface area contributed by atoms with E-state index in [9.17, 15) is 9.59 Å². The molecule has 1 saturated heterocycles. The third kappa shape index (κ3) is 4.59. The number of thioether (sulfide) groups is 1. The van der Waals surface area contributed by atoms with Gasteiger partial charge in [-0.1, -0.05) is 25.1 Å². The second-order valence-corrected chi connectivity index (χ2v) is 7.29. The summed E-state index contributed by atoms with van der Waals surface area (Å²) in [7, 11) is 0. The summed E-state index contributed by atoms with van der Waals surface area (Å²) in [5.41, 5.74) is 1.02. The van der Waals surface area contributed by atoms with Gasteiger partial charge in [-0.05, 0) is 12.5 Å².